The van der Waals surface area contributed by atoms with Gasteiger partial charge in [0, 0.05) is 21.1 Å². The molecule has 0 saturated heterocycles. The van der Waals surface area contributed by atoms with Gasteiger partial charge in [-0.3, -0.25) is 0 Å². The van der Waals surface area contributed by atoms with E-state index in [2.05, 4.69) is 96.6 Å². The van der Waals surface area contributed by atoms with E-state index in [0.717, 1.165) is 57.1 Å². The molecule has 0 atom stereocenters. The van der Waals surface area contributed by atoms with Crippen molar-refractivity contribution in [2.45, 2.75) is 68.2 Å². The average Bonchev–Trinajstić information content (AvgIpc) is 2.85. The smallest absolute Gasteiger partial charge is 0.228 e. The lowest BCUT2D eigenvalue weighted by molar-refractivity contribution is -0.659. The summed E-state index contributed by atoms with van der Waals surface area (Å²) >= 11 is 0. The zero-order valence-corrected chi connectivity index (χ0v) is 24.0. The molecule has 2 heterocycles. The molecule has 2 nitrogen and oxygen atoms in total. The molecule has 5 aromatic rings. The molecule has 0 saturated carbocycles. The van der Waals surface area contributed by atoms with Crippen molar-refractivity contribution in [3.63, 3.8) is 0 Å². The van der Waals surface area contributed by atoms with E-state index in [0.29, 0.717) is 5.56 Å². The molecule has 1 aliphatic rings. The van der Waals surface area contributed by atoms with E-state index in [9.17, 15) is 0 Å². The van der Waals surface area contributed by atoms with Crippen LogP contribution in [0.25, 0.3) is 43.6 Å². The summed E-state index contributed by atoms with van der Waals surface area (Å²) in [5.74, 6) is 1.77. The summed E-state index contributed by atoms with van der Waals surface area (Å²) in [6, 6.07) is 16.6. The molecule has 194 valence electrons. The summed E-state index contributed by atoms with van der Waals surface area (Å²) in [6.07, 6.45) is 3.99. The lowest BCUT2D eigenvalue weighted by Crippen LogP contribution is -2.32. The van der Waals surface area contributed by atoms with Crippen molar-refractivity contribution in [1.29, 1.82) is 0 Å². The number of benzene rings is 4. The molecule has 0 N–H and O–H groups in total. The molecule has 0 unspecified atom stereocenters. The third-order valence-electron chi connectivity index (χ3n) is 7.78. The first-order valence-corrected chi connectivity index (χ1v) is 13.7. The normalized spacial score (nSPS) is 14.8. The van der Waals surface area contributed by atoms with E-state index in [4.69, 9.17) is 8.85 Å². The van der Waals surface area contributed by atoms with Crippen LogP contribution in [-0.4, -0.2) is 0 Å². The molecule has 0 bridgehead atoms. The van der Waals surface area contributed by atoms with Gasteiger partial charge in [0.15, 0.2) is 6.20 Å². The molecule has 0 amide bonds. The molecule has 6 rings (SSSR count). The van der Waals surface area contributed by atoms with Gasteiger partial charge in [-0.15, -0.1) is 0 Å². The number of ether oxygens (including phenoxy) is 1. The first-order valence-electron chi connectivity index (χ1n) is 15.2. The van der Waals surface area contributed by atoms with Crippen LogP contribution in [0.15, 0.2) is 54.7 Å². The average molecular weight is 506 g/mol. The van der Waals surface area contributed by atoms with Crippen LogP contribution >= 0.6 is 0 Å². The minimum Gasteiger partial charge on any atom is -0.455 e. The van der Waals surface area contributed by atoms with Gasteiger partial charge < -0.3 is 4.74 Å². The fraction of sp³-hybridized carbons (Fsp3) is 0.361. The Morgan fingerprint density at radius 2 is 1.58 bits per heavy atom. The Bertz CT molecular complexity index is 1890. The van der Waals surface area contributed by atoms with Crippen molar-refractivity contribution in [3.8, 4) is 22.8 Å². The second-order valence-electron chi connectivity index (χ2n) is 13.6. The van der Waals surface area contributed by atoms with Gasteiger partial charge in [-0.05, 0) is 76.2 Å². The highest BCUT2D eigenvalue weighted by Gasteiger charge is 2.34. The van der Waals surface area contributed by atoms with Crippen LogP contribution < -0.4 is 9.30 Å². The molecule has 4 aromatic carbocycles. The molecule has 0 spiro atoms. The summed E-state index contributed by atoms with van der Waals surface area (Å²) in [4.78, 5) is 0. The maximum atomic E-state index is 8.00. The number of aryl methyl sites for hydroxylation is 3. The minimum atomic E-state index is -2.16. The zero-order chi connectivity index (χ0) is 29.6. The maximum absolute atomic E-state index is 8.00. The largest absolute Gasteiger partial charge is 0.455 e. The Morgan fingerprint density at radius 1 is 0.816 bits per heavy atom. The van der Waals surface area contributed by atoms with Gasteiger partial charge in [0.2, 0.25) is 5.69 Å². The van der Waals surface area contributed by atoms with E-state index in [-0.39, 0.29) is 10.8 Å². The third-order valence-corrected chi connectivity index (χ3v) is 7.78. The minimum absolute atomic E-state index is 0.0624. The predicted molar refractivity (Wildman–Crippen MR) is 161 cm³/mol. The van der Waals surface area contributed by atoms with E-state index < -0.39 is 6.85 Å². The van der Waals surface area contributed by atoms with Gasteiger partial charge in [-0.1, -0.05) is 83.5 Å². The Morgan fingerprint density at radius 3 is 2.29 bits per heavy atom. The Labute approximate surface area is 231 Å². The summed E-state index contributed by atoms with van der Waals surface area (Å²) in [5.41, 5.74) is 6.67. The van der Waals surface area contributed by atoms with Crippen molar-refractivity contribution in [2.24, 2.45) is 17.9 Å². The summed E-state index contributed by atoms with van der Waals surface area (Å²) < 4.78 is 33.1. The summed E-state index contributed by atoms with van der Waals surface area (Å²) in [7, 11) is 2.10. The van der Waals surface area contributed by atoms with Crippen LogP contribution in [0, 0.1) is 24.6 Å². The molecule has 0 aliphatic carbocycles. The van der Waals surface area contributed by atoms with Crippen LogP contribution in [0.1, 0.15) is 67.9 Å². The molecule has 38 heavy (non-hydrogen) atoms. The Balaban J connectivity index is 1.73. The standard InChI is InChI=1S/C36H40NO/c1-21-10-12-24-18-30-32-26(28(24)16-21)14-15-37(9)33(32)31-22(2)27-17-23(19-35(3,4)5)11-13-25(27)29(34(31)38-30)20-36(6,7)8/h10-18H,19-20H2,1-9H3/q+1/i1D3. The van der Waals surface area contributed by atoms with E-state index in [1.165, 1.54) is 27.5 Å². The van der Waals surface area contributed by atoms with Crippen LogP contribution in [0.4, 0.5) is 0 Å². The monoisotopic (exact) mass is 505 g/mol. The first-order chi connectivity index (χ1) is 19.0. The predicted octanol–water partition coefficient (Wildman–Crippen LogP) is 9.54. The van der Waals surface area contributed by atoms with Gasteiger partial charge in [0.05, 0.1) is 10.9 Å². The van der Waals surface area contributed by atoms with Gasteiger partial charge in [-0.25, -0.2) is 4.57 Å². The quantitative estimate of drug-likeness (QED) is 0.169. The molecule has 0 radical (unpaired) electrons. The highest BCUT2D eigenvalue weighted by atomic mass is 16.5. The topological polar surface area (TPSA) is 13.1 Å². The number of nitrogens with zero attached hydrogens (tertiary/aromatic N) is 1. The van der Waals surface area contributed by atoms with Gasteiger partial charge in [0.1, 0.15) is 18.5 Å². The Hall–Kier alpha value is -3.39. The molecule has 0 fully saturated rings. The lowest BCUT2D eigenvalue weighted by Gasteiger charge is -2.28. The second kappa shape index (κ2) is 8.30. The summed E-state index contributed by atoms with van der Waals surface area (Å²) in [6.45, 7) is 13.8. The van der Waals surface area contributed by atoms with Crippen LogP contribution in [0.3, 0.4) is 0 Å². The number of fused-ring (bicyclic) bond motifs is 5. The highest BCUT2D eigenvalue weighted by molar-refractivity contribution is 6.16. The Kier molecular flexibility index (Phi) is 4.71. The molecule has 2 heteroatoms. The van der Waals surface area contributed by atoms with Crippen LogP contribution in [-0.2, 0) is 19.9 Å². The fourth-order valence-electron chi connectivity index (χ4n) is 6.31. The van der Waals surface area contributed by atoms with Crippen LogP contribution in [0.5, 0.6) is 11.5 Å². The van der Waals surface area contributed by atoms with Gasteiger partial charge in [0.25, 0.3) is 0 Å². The van der Waals surface area contributed by atoms with Crippen molar-refractivity contribution in [2.75, 3.05) is 0 Å². The third kappa shape index (κ3) is 4.06. The van der Waals surface area contributed by atoms with Gasteiger partial charge in [-0.2, -0.15) is 0 Å². The van der Waals surface area contributed by atoms with Gasteiger partial charge >= 0.3 is 0 Å². The summed E-state index contributed by atoms with van der Waals surface area (Å²) in [5, 5.41) is 6.50. The number of hydrogen-bond acceptors (Lipinski definition) is 1. The number of pyridine rings is 1. The van der Waals surface area contributed by atoms with E-state index in [1.54, 1.807) is 6.07 Å². The van der Waals surface area contributed by atoms with Crippen molar-refractivity contribution < 1.29 is 13.4 Å². The van der Waals surface area contributed by atoms with Crippen molar-refractivity contribution >= 4 is 32.3 Å². The highest BCUT2D eigenvalue weighted by Crippen LogP contribution is 2.52. The lowest BCUT2D eigenvalue weighted by atomic mass is 9.80. The molecular formula is C36H40NO+. The molecule has 1 aliphatic heterocycles. The van der Waals surface area contributed by atoms with Crippen molar-refractivity contribution in [1.82, 2.24) is 0 Å². The molecular weight excluding hydrogens is 462 g/mol. The maximum Gasteiger partial charge on any atom is 0.228 e. The first kappa shape index (κ1) is 21.5. The number of rotatable bonds is 2. The number of hydrogen-bond donors (Lipinski definition) is 0. The van der Waals surface area contributed by atoms with Crippen LogP contribution in [0.2, 0.25) is 0 Å². The fourth-order valence-corrected chi connectivity index (χ4v) is 6.31. The van der Waals surface area contributed by atoms with E-state index in [1.807, 2.05) is 12.1 Å². The number of aromatic nitrogens is 1. The molecule has 1 aromatic heterocycles. The second-order valence-corrected chi connectivity index (χ2v) is 13.6. The van der Waals surface area contributed by atoms with Crippen molar-refractivity contribution in [3.05, 3.63) is 77.0 Å². The SMILES string of the molecule is [2H]C([2H])([2H])c1ccc2cc3c4c([n+](C)ccc4c2c1)-c1c(c(CC(C)(C)C)c2ccc(CC(C)(C)C)cc2c1C)O3. The van der Waals surface area contributed by atoms with E-state index >= 15 is 0 Å². The zero-order valence-electron chi connectivity index (χ0n) is 27.0.